The molecule has 0 aliphatic rings. The molecule has 0 saturated heterocycles. The number of methoxy groups -OCH3 is 1. The Morgan fingerprint density at radius 1 is 1.21 bits per heavy atom. The quantitative estimate of drug-likeness (QED) is 0.827. The number of rotatable bonds is 5. The standard InChI is InChI=1S/C15H20N2O2/c1-11(2)17-9-12(3)16-15(17)10-19-14-8-6-5-7-13(14)18-4/h5-9,11H,10H2,1-4H3. The van der Waals surface area contributed by atoms with E-state index in [9.17, 15) is 0 Å². The molecule has 0 aliphatic heterocycles. The number of hydrogen-bond acceptors (Lipinski definition) is 3. The van der Waals surface area contributed by atoms with Crippen molar-refractivity contribution in [2.24, 2.45) is 0 Å². The third kappa shape index (κ3) is 3.08. The number of benzene rings is 1. The molecule has 19 heavy (non-hydrogen) atoms. The van der Waals surface area contributed by atoms with E-state index in [-0.39, 0.29) is 0 Å². The maximum atomic E-state index is 5.81. The predicted octanol–water partition coefficient (Wildman–Crippen LogP) is 3.36. The highest BCUT2D eigenvalue weighted by Crippen LogP contribution is 2.26. The highest BCUT2D eigenvalue weighted by molar-refractivity contribution is 5.39. The number of para-hydroxylation sites is 2. The SMILES string of the molecule is COc1ccccc1OCc1nc(C)cn1C(C)C. The zero-order valence-corrected chi connectivity index (χ0v) is 11.9. The van der Waals surface area contributed by atoms with Gasteiger partial charge in [0.1, 0.15) is 12.4 Å². The van der Waals surface area contributed by atoms with E-state index < -0.39 is 0 Å². The summed E-state index contributed by atoms with van der Waals surface area (Å²) in [6, 6.07) is 8.00. The zero-order chi connectivity index (χ0) is 13.8. The fourth-order valence-corrected chi connectivity index (χ4v) is 2.00. The van der Waals surface area contributed by atoms with E-state index in [1.165, 1.54) is 0 Å². The van der Waals surface area contributed by atoms with Crippen LogP contribution in [0.4, 0.5) is 0 Å². The topological polar surface area (TPSA) is 36.3 Å². The van der Waals surface area contributed by atoms with Gasteiger partial charge in [0.2, 0.25) is 0 Å². The first-order chi connectivity index (χ1) is 9.11. The van der Waals surface area contributed by atoms with Crippen molar-refractivity contribution in [2.75, 3.05) is 7.11 Å². The van der Waals surface area contributed by atoms with Crippen molar-refractivity contribution < 1.29 is 9.47 Å². The summed E-state index contributed by atoms with van der Waals surface area (Å²) in [5.41, 5.74) is 1.01. The van der Waals surface area contributed by atoms with E-state index in [4.69, 9.17) is 9.47 Å². The molecule has 0 bridgehead atoms. The van der Waals surface area contributed by atoms with Gasteiger partial charge in [-0.2, -0.15) is 0 Å². The minimum Gasteiger partial charge on any atom is -0.493 e. The summed E-state index contributed by atoms with van der Waals surface area (Å²) in [5, 5.41) is 0. The lowest BCUT2D eigenvalue weighted by atomic mass is 10.3. The molecule has 1 heterocycles. The summed E-state index contributed by atoms with van der Waals surface area (Å²) < 4.78 is 13.2. The Kier molecular flexibility index (Phi) is 4.10. The Morgan fingerprint density at radius 2 is 1.89 bits per heavy atom. The van der Waals surface area contributed by atoms with Crippen molar-refractivity contribution in [1.82, 2.24) is 9.55 Å². The van der Waals surface area contributed by atoms with Crippen LogP contribution in [0.5, 0.6) is 11.5 Å². The summed E-state index contributed by atoms with van der Waals surface area (Å²) in [6.07, 6.45) is 2.05. The predicted molar refractivity (Wildman–Crippen MR) is 74.7 cm³/mol. The molecule has 0 saturated carbocycles. The maximum absolute atomic E-state index is 5.81. The van der Waals surface area contributed by atoms with Crippen LogP contribution in [-0.2, 0) is 6.61 Å². The molecule has 4 nitrogen and oxygen atoms in total. The van der Waals surface area contributed by atoms with Gasteiger partial charge < -0.3 is 14.0 Å². The molecule has 0 amide bonds. The number of aryl methyl sites for hydroxylation is 1. The van der Waals surface area contributed by atoms with E-state index in [1.807, 2.05) is 37.4 Å². The van der Waals surface area contributed by atoms with Crippen LogP contribution < -0.4 is 9.47 Å². The second kappa shape index (κ2) is 5.78. The van der Waals surface area contributed by atoms with Gasteiger partial charge in [-0.3, -0.25) is 0 Å². The van der Waals surface area contributed by atoms with Crippen molar-refractivity contribution in [2.45, 2.75) is 33.4 Å². The van der Waals surface area contributed by atoms with Crippen LogP contribution in [0.25, 0.3) is 0 Å². The molecule has 0 atom stereocenters. The molecule has 2 rings (SSSR count). The average molecular weight is 260 g/mol. The Balaban J connectivity index is 2.14. The maximum Gasteiger partial charge on any atom is 0.161 e. The molecule has 1 aromatic heterocycles. The van der Waals surface area contributed by atoms with E-state index in [0.29, 0.717) is 12.6 Å². The third-order valence-corrected chi connectivity index (χ3v) is 2.91. The molecule has 0 radical (unpaired) electrons. The van der Waals surface area contributed by atoms with E-state index in [1.54, 1.807) is 7.11 Å². The van der Waals surface area contributed by atoms with E-state index in [2.05, 4.69) is 23.4 Å². The Hall–Kier alpha value is -1.97. The molecule has 0 aliphatic carbocycles. The molecule has 0 unspecified atom stereocenters. The molecule has 4 heteroatoms. The van der Waals surface area contributed by atoms with Gasteiger partial charge in [-0.05, 0) is 32.9 Å². The number of nitrogens with zero attached hydrogens (tertiary/aromatic N) is 2. The van der Waals surface area contributed by atoms with Crippen LogP contribution in [0.2, 0.25) is 0 Å². The first kappa shape index (κ1) is 13.5. The Morgan fingerprint density at radius 3 is 2.53 bits per heavy atom. The van der Waals surface area contributed by atoms with E-state index >= 15 is 0 Å². The molecular formula is C15H20N2O2. The van der Waals surface area contributed by atoms with Gasteiger partial charge in [0, 0.05) is 12.2 Å². The fraction of sp³-hybridized carbons (Fsp3) is 0.400. The molecule has 1 aromatic carbocycles. The second-order valence-electron chi connectivity index (χ2n) is 4.74. The van der Waals surface area contributed by atoms with Gasteiger partial charge >= 0.3 is 0 Å². The van der Waals surface area contributed by atoms with Gasteiger partial charge in [0.15, 0.2) is 11.5 Å². The summed E-state index contributed by atoms with van der Waals surface area (Å²) >= 11 is 0. The number of hydrogen-bond donors (Lipinski definition) is 0. The van der Waals surface area contributed by atoms with Crippen molar-refractivity contribution in [3.8, 4) is 11.5 Å². The van der Waals surface area contributed by atoms with Crippen molar-refractivity contribution in [3.63, 3.8) is 0 Å². The van der Waals surface area contributed by atoms with Crippen LogP contribution in [0.3, 0.4) is 0 Å². The summed E-state index contributed by atoms with van der Waals surface area (Å²) in [4.78, 5) is 4.50. The fourth-order valence-electron chi connectivity index (χ4n) is 2.00. The van der Waals surface area contributed by atoms with Gasteiger partial charge in [-0.1, -0.05) is 12.1 Å². The first-order valence-corrected chi connectivity index (χ1v) is 6.42. The Labute approximate surface area is 114 Å². The van der Waals surface area contributed by atoms with Gasteiger partial charge in [0.25, 0.3) is 0 Å². The average Bonchev–Trinajstić information content (AvgIpc) is 2.78. The molecule has 2 aromatic rings. The summed E-state index contributed by atoms with van der Waals surface area (Å²) in [7, 11) is 1.64. The number of ether oxygens (including phenoxy) is 2. The normalized spacial score (nSPS) is 10.8. The van der Waals surface area contributed by atoms with Crippen LogP contribution in [0.15, 0.2) is 30.5 Å². The van der Waals surface area contributed by atoms with Crippen molar-refractivity contribution in [1.29, 1.82) is 0 Å². The minimum absolute atomic E-state index is 0.373. The molecule has 0 N–H and O–H groups in total. The first-order valence-electron chi connectivity index (χ1n) is 6.42. The highest BCUT2D eigenvalue weighted by atomic mass is 16.5. The second-order valence-corrected chi connectivity index (χ2v) is 4.74. The van der Waals surface area contributed by atoms with Crippen molar-refractivity contribution in [3.05, 3.63) is 42.0 Å². The van der Waals surface area contributed by atoms with Crippen LogP contribution in [0.1, 0.15) is 31.4 Å². The van der Waals surface area contributed by atoms with Crippen LogP contribution in [0, 0.1) is 6.92 Å². The molecule has 0 spiro atoms. The highest BCUT2D eigenvalue weighted by Gasteiger charge is 2.10. The Bertz CT molecular complexity index is 547. The van der Waals surface area contributed by atoms with E-state index in [0.717, 1.165) is 23.0 Å². The van der Waals surface area contributed by atoms with Crippen LogP contribution in [-0.4, -0.2) is 16.7 Å². The van der Waals surface area contributed by atoms with Gasteiger partial charge in [-0.25, -0.2) is 4.98 Å². The lowest BCUT2D eigenvalue weighted by molar-refractivity contribution is 0.269. The van der Waals surface area contributed by atoms with Gasteiger partial charge in [-0.15, -0.1) is 0 Å². The summed E-state index contributed by atoms with van der Waals surface area (Å²) in [5.74, 6) is 2.40. The largest absolute Gasteiger partial charge is 0.493 e. The number of imidazole rings is 1. The third-order valence-electron chi connectivity index (χ3n) is 2.91. The lowest BCUT2D eigenvalue weighted by Gasteiger charge is -2.13. The molecule has 102 valence electrons. The molecule has 0 fully saturated rings. The van der Waals surface area contributed by atoms with Crippen molar-refractivity contribution >= 4 is 0 Å². The number of aromatic nitrogens is 2. The lowest BCUT2D eigenvalue weighted by Crippen LogP contribution is -2.08. The smallest absolute Gasteiger partial charge is 0.161 e. The summed E-state index contributed by atoms with van der Waals surface area (Å²) in [6.45, 7) is 6.69. The van der Waals surface area contributed by atoms with Crippen LogP contribution >= 0.6 is 0 Å². The monoisotopic (exact) mass is 260 g/mol. The zero-order valence-electron chi connectivity index (χ0n) is 11.9. The minimum atomic E-state index is 0.373. The molecular weight excluding hydrogens is 240 g/mol. The van der Waals surface area contributed by atoms with Gasteiger partial charge in [0.05, 0.1) is 12.8 Å².